The maximum Gasteiger partial charge on any atom is 0.153 e. The highest BCUT2D eigenvalue weighted by Gasteiger charge is 2.23. The van der Waals surface area contributed by atoms with E-state index in [1.54, 1.807) is 0 Å². The van der Waals surface area contributed by atoms with Gasteiger partial charge < -0.3 is 10.2 Å². The second kappa shape index (κ2) is 4.99. The van der Waals surface area contributed by atoms with E-state index in [1.165, 1.54) is 0 Å². The molecule has 0 saturated carbocycles. The third-order valence-electron chi connectivity index (χ3n) is 3.56. The fourth-order valence-corrected chi connectivity index (χ4v) is 3.09. The van der Waals surface area contributed by atoms with Crippen LogP contribution in [-0.2, 0) is 0 Å². The number of pyridine rings is 1. The van der Waals surface area contributed by atoms with Crippen molar-refractivity contribution in [2.75, 3.05) is 18.0 Å². The number of fused-ring (bicyclic) bond motifs is 1. The third-order valence-corrected chi connectivity index (χ3v) is 3.84. The van der Waals surface area contributed by atoms with E-state index in [2.05, 4.69) is 41.2 Å². The van der Waals surface area contributed by atoms with Crippen LogP contribution in [0.5, 0.6) is 0 Å². The van der Waals surface area contributed by atoms with Gasteiger partial charge in [-0.1, -0.05) is 29.8 Å². The minimum Gasteiger partial charge on any atom is -0.366 e. The molecule has 0 amide bonds. The highest BCUT2D eigenvalue weighted by molar-refractivity contribution is 6.32. The number of rotatable bonds is 1. The molecule has 1 aliphatic rings. The first-order valence-electron chi connectivity index (χ1n) is 6.70. The number of nitrogens with zero attached hydrogens (tertiary/aromatic N) is 2. The number of nitrogens with one attached hydrogen (secondary N) is 1. The quantitative estimate of drug-likeness (QED) is 0.811. The topological polar surface area (TPSA) is 28.2 Å². The van der Waals surface area contributed by atoms with E-state index in [9.17, 15) is 0 Å². The first-order valence-corrected chi connectivity index (χ1v) is 7.07. The molecule has 2 unspecified atom stereocenters. The summed E-state index contributed by atoms with van der Waals surface area (Å²) >= 11 is 6.36. The SMILES string of the molecule is CC1CN(c2cc3ccccc3nc2Cl)CC(C)N1. The van der Waals surface area contributed by atoms with Crippen molar-refractivity contribution in [2.45, 2.75) is 25.9 Å². The molecule has 0 bridgehead atoms. The summed E-state index contributed by atoms with van der Waals surface area (Å²) in [7, 11) is 0. The Morgan fingerprint density at radius 2 is 1.89 bits per heavy atom. The van der Waals surface area contributed by atoms with E-state index in [1.807, 2.05) is 18.2 Å². The standard InChI is InChI=1S/C15H18ClN3/c1-10-8-19(9-11(2)17-10)14-7-12-5-3-4-6-13(12)18-15(14)16/h3-7,10-11,17H,8-9H2,1-2H3. The lowest BCUT2D eigenvalue weighted by molar-refractivity contribution is 0.407. The van der Waals surface area contributed by atoms with Crippen LogP contribution < -0.4 is 10.2 Å². The number of hydrogen-bond acceptors (Lipinski definition) is 3. The number of hydrogen-bond donors (Lipinski definition) is 1. The minimum atomic E-state index is 0.464. The number of aromatic nitrogens is 1. The van der Waals surface area contributed by atoms with Gasteiger partial charge in [0.1, 0.15) is 0 Å². The Labute approximate surface area is 118 Å². The predicted octanol–water partition coefficient (Wildman–Crippen LogP) is 3.07. The third kappa shape index (κ3) is 2.53. The molecule has 1 aliphatic heterocycles. The maximum atomic E-state index is 6.36. The molecule has 0 aliphatic carbocycles. The summed E-state index contributed by atoms with van der Waals surface area (Å²) in [6.45, 7) is 6.32. The summed E-state index contributed by atoms with van der Waals surface area (Å²) < 4.78 is 0. The van der Waals surface area contributed by atoms with Gasteiger partial charge in [-0.2, -0.15) is 0 Å². The predicted molar refractivity (Wildman–Crippen MR) is 81.0 cm³/mol. The molecule has 1 aromatic heterocycles. The van der Waals surface area contributed by atoms with Crippen molar-refractivity contribution in [2.24, 2.45) is 0 Å². The Balaban J connectivity index is 2.01. The van der Waals surface area contributed by atoms with E-state index >= 15 is 0 Å². The van der Waals surface area contributed by atoms with Crippen molar-refractivity contribution in [1.29, 1.82) is 0 Å². The van der Waals surface area contributed by atoms with Crippen molar-refractivity contribution in [3.63, 3.8) is 0 Å². The molecule has 100 valence electrons. The van der Waals surface area contributed by atoms with Crippen molar-refractivity contribution >= 4 is 28.2 Å². The van der Waals surface area contributed by atoms with Gasteiger partial charge in [0.2, 0.25) is 0 Å². The summed E-state index contributed by atoms with van der Waals surface area (Å²) in [4.78, 5) is 6.83. The number of piperazine rings is 1. The molecule has 1 saturated heterocycles. The lowest BCUT2D eigenvalue weighted by Gasteiger charge is -2.37. The molecule has 2 atom stereocenters. The second-order valence-corrected chi connectivity index (χ2v) is 5.72. The first-order chi connectivity index (χ1) is 9.13. The summed E-state index contributed by atoms with van der Waals surface area (Å²) in [6, 6.07) is 11.2. The lowest BCUT2D eigenvalue weighted by Crippen LogP contribution is -2.54. The van der Waals surface area contributed by atoms with Crippen LogP contribution in [0.15, 0.2) is 30.3 Å². The molecular formula is C15H18ClN3. The van der Waals surface area contributed by atoms with E-state index in [-0.39, 0.29) is 0 Å². The van der Waals surface area contributed by atoms with Gasteiger partial charge in [-0.15, -0.1) is 0 Å². The van der Waals surface area contributed by atoms with Gasteiger partial charge in [0.25, 0.3) is 0 Å². The number of para-hydroxylation sites is 1. The van der Waals surface area contributed by atoms with Crippen LogP contribution in [0.4, 0.5) is 5.69 Å². The van der Waals surface area contributed by atoms with Crippen molar-refractivity contribution in [3.8, 4) is 0 Å². The Hall–Kier alpha value is -1.32. The minimum absolute atomic E-state index is 0.464. The van der Waals surface area contributed by atoms with Crippen LogP contribution in [0.2, 0.25) is 5.15 Å². The fraction of sp³-hybridized carbons (Fsp3) is 0.400. The van der Waals surface area contributed by atoms with Crippen LogP contribution >= 0.6 is 11.6 Å². The molecule has 3 nitrogen and oxygen atoms in total. The lowest BCUT2D eigenvalue weighted by atomic mass is 10.1. The molecule has 1 fully saturated rings. The number of benzene rings is 1. The molecule has 1 N–H and O–H groups in total. The first kappa shape index (κ1) is 12.7. The van der Waals surface area contributed by atoms with Gasteiger partial charge in [0.05, 0.1) is 11.2 Å². The van der Waals surface area contributed by atoms with Gasteiger partial charge >= 0.3 is 0 Å². The second-order valence-electron chi connectivity index (χ2n) is 5.36. The zero-order chi connectivity index (χ0) is 13.4. The molecule has 19 heavy (non-hydrogen) atoms. The van der Waals surface area contributed by atoms with E-state index < -0.39 is 0 Å². The Kier molecular flexibility index (Phi) is 3.33. The monoisotopic (exact) mass is 275 g/mol. The van der Waals surface area contributed by atoms with Gasteiger partial charge in [0, 0.05) is 30.6 Å². The average molecular weight is 276 g/mol. The van der Waals surface area contributed by atoms with Crippen molar-refractivity contribution < 1.29 is 0 Å². The van der Waals surface area contributed by atoms with Crippen LogP contribution in [0, 0.1) is 0 Å². The van der Waals surface area contributed by atoms with E-state index in [0.29, 0.717) is 17.2 Å². The highest BCUT2D eigenvalue weighted by atomic mass is 35.5. The molecule has 2 heterocycles. The largest absolute Gasteiger partial charge is 0.366 e. The smallest absolute Gasteiger partial charge is 0.153 e. The molecule has 0 spiro atoms. The number of halogens is 1. The Morgan fingerprint density at radius 1 is 1.21 bits per heavy atom. The van der Waals surface area contributed by atoms with Gasteiger partial charge in [-0.05, 0) is 26.0 Å². The van der Waals surface area contributed by atoms with Crippen LogP contribution in [0.25, 0.3) is 10.9 Å². The van der Waals surface area contributed by atoms with Crippen molar-refractivity contribution in [3.05, 3.63) is 35.5 Å². The summed E-state index contributed by atoms with van der Waals surface area (Å²) in [6.07, 6.45) is 0. The molecular weight excluding hydrogens is 258 g/mol. The Bertz CT molecular complexity index is 589. The summed E-state index contributed by atoms with van der Waals surface area (Å²) in [5.74, 6) is 0. The molecule has 2 aromatic rings. The average Bonchev–Trinajstić information content (AvgIpc) is 2.36. The zero-order valence-corrected chi connectivity index (χ0v) is 12.0. The van der Waals surface area contributed by atoms with Crippen molar-refractivity contribution in [1.82, 2.24) is 10.3 Å². The van der Waals surface area contributed by atoms with Crippen LogP contribution in [-0.4, -0.2) is 30.2 Å². The van der Waals surface area contributed by atoms with Gasteiger partial charge in [-0.25, -0.2) is 4.98 Å². The fourth-order valence-electron chi connectivity index (χ4n) is 2.83. The molecule has 3 rings (SSSR count). The van der Waals surface area contributed by atoms with Crippen LogP contribution in [0.3, 0.4) is 0 Å². The summed E-state index contributed by atoms with van der Waals surface area (Å²) in [5.41, 5.74) is 1.99. The normalized spacial score (nSPS) is 23.8. The zero-order valence-electron chi connectivity index (χ0n) is 11.2. The van der Waals surface area contributed by atoms with E-state index in [4.69, 9.17) is 11.6 Å². The highest BCUT2D eigenvalue weighted by Crippen LogP contribution is 2.29. The number of anilines is 1. The molecule has 0 radical (unpaired) electrons. The molecule has 4 heteroatoms. The Morgan fingerprint density at radius 3 is 2.63 bits per heavy atom. The molecule has 1 aromatic carbocycles. The van der Waals surface area contributed by atoms with Crippen LogP contribution in [0.1, 0.15) is 13.8 Å². The summed E-state index contributed by atoms with van der Waals surface area (Å²) in [5, 5.41) is 5.27. The maximum absolute atomic E-state index is 6.36. The van der Waals surface area contributed by atoms with Gasteiger partial charge in [-0.3, -0.25) is 0 Å². The van der Waals surface area contributed by atoms with Gasteiger partial charge in [0.15, 0.2) is 5.15 Å². The van der Waals surface area contributed by atoms with E-state index in [0.717, 1.165) is 29.7 Å².